The van der Waals surface area contributed by atoms with E-state index in [1.807, 2.05) is 0 Å². The average molecular weight is 853 g/mol. The maximum Gasteiger partial charge on any atom is 0.0727 e. The predicted molar refractivity (Wildman–Crippen MR) is 275 cm³/mol. The summed E-state index contributed by atoms with van der Waals surface area (Å²) >= 11 is 0. The summed E-state index contributed by atoms with van der Waals surface area (Å²) in [4.78, 5) is 5.26. The van der Waals surface area contributed by atoms with Crippen molar-refractivity contribution in [2.24, 2.45) is 23.2 Å². The van der Waals surface area contributed by atoms with Crippen LogP contribution in [0.3, 0.4) is 0 Å². The Hall–Kier alpha value is -6.90. The molecule has 2 heteroatoms. The van der Waals surface area contributed by atoms with Gasteiger partial charge in [-0.2, -0.15) is 0 Å². The molecule has 7 aliphatic rings. The van der Waals surface area contributed by atoms with Gasteiger partial charge in [-0.1, -0.05) is 183 Å². The van der Waals surface area contributed by atoms with Crippen molar-refractivity contribution in [1.29, 1.82) is 0 Å². The Morgan fingerprint density at radius 1 is 0.591 bits per heavy atom. The molecule has 13 rings (SSSR count). The van der Waals surface area contributed by atoms with Crippen LogP contribution in [-0.4, -0.2) is 6.04 Å². The quantitative estimate of drug-likeness (QED) is 0.158. The van der Waals surface area contributed by atoms with Gasteiger partial charge in [-0.05, 0) is 142 Å². The van der Waals surface area contributed by atoms with E-state index in [1.165, 1.54) is 96.9 Å². The smallest absolute Gasteiger partial charge is 0.0727 e. The van der Waals surface area contributed by atoms with E-state index in [9.17, 15) is 0 Å². The summed E-state index contributed by atoms with van der Waals surface area (Å²) in [6, 6.07) is 55.7. The number of para-hydroxylation sites is 2. The third-order valence-corrected chi connectivity index (χ3v) is 16.4. The maximum absolute atomic E-state index is 2.68. The molecule has 5 atom stereocenters. The van der Waals surface area contributed by atoms with Gasteiger partial charge < -0.3 is 9.80 Å². The molecule has 0 bridgehead atoms. The fourth-order valence-electron chi connectivity index (χ4n) is 13.5. The van der Waals surface area contributed by atoms with Gasteiger partial charge in [0, 0.05) is 45.8 Å². The van der Waals surface area contributed by atoms with E-state index in [0.717, 1.165) is 25.7 Å². The standard InChI is InChI=1S/C64H56N2/c1-63(2)55-31-15-12-28-50(55)52-38-37-49(41-59(52)63)66(46-25-10-5-11-26-46)61-35-19-34-58-62(61)54-30-14-17-33-57(54)64(58)56-32-16-13-29-51(56)53-39-36-48(42-60(53)64)65(45-23-8-4-9-24-45)47-27-18-22-44(40-47)43-20-6-3-7-21-43/h4-6,8-17,19-21,23-26,28-40,42,44,49-50,55H,3,7,18,22,27,41H2,1-2H3. The molecule has 0 radical (unpaired) electrons. The molecule has 0 aliphatic heterocycles. The van der Waals surface area contributed by atoms with E-state index < -0.39 is 5.41 Å². The second kappa shape index (κ2) is 15.3. The Morgan fingerprint density at radius 2 is 1.30 bits per heavy atom. The summed E-state index contributed by atoms with van der Waals surface area (Å²) in [6.07, 6.45) is 30.9. The van der Waals surface area contributed by atoms with E-state index in [-0.39, 0.29) is 11.5 Å². The zero-order valence-electron chi connectivity index (χ0n) is 38.1. The number of rotatable bonds is 7. The van der Waals surface area contributed by atoms with Crippen LogP contribution in [0, 0.1) is 23.2 Å². The lowest BCUT2D eigenvalue weighted by Gasteiger charge is -2.39. The summed E-state index contributed by atoms with van der Waals surface area (Å²) in [6.45, 7) is 4.97. The minimum Gasteiger partial charge on any atom is -0.334 e. The van der Waals surface area contributed by atoms with Gasteiger partial charge in [0.15, 0.2) is 0 Å². The SMILES string of the molecule is CC1(C)C2=C(C=CC(N(c3ccccc3)c3cccc4c3-c3ccccc3C43c4ccccc4-c4ccc(N(C5=CC(C6=CCCC=C6)CCC5)c5ccccc5)cc43)C2)C2C=CC=CC21. The van der Waals surface area contributed by atoms with Crippen LogP contribution in [0.4, 0.5) is 22.7 Å². The molecule has 1 spiro atoms. The first-order valence-electron chi connectivity index (χ1n) is 24.5. The largest absolute Gasteiger partial charge is 0.334 e. The number of benzene rings is 6. The fourth-order valence-corrected chi connectivity index (χ4v) is 13.5. The maximum atomic E-state index is 2.68. The molecular weight excluding hydrogens is 797 g/mol. The predicted octanol–water partition coefficient (Wildman–Crippen LogP) is 16.3. The number of fused-ring (bicyclic) bond motifs is 12. The van der Waals surface area contributed by atoms with Crippen molar-refractivity contribution in [2.45, 2.75) is 63.8 Å². The van der Waals surface area contributed by atoms with Crippen molar-refractivity contribution in [3.8, 4) is 22.3 Å². The molecular formula is C64H56N2. The van der Waals surface area contributed by atoms with Crippen LogP contribution in [0.15, 0.2) is 229 Å². The van der Waals surface area contributed by atoms with Crippen LogP contribution >= 0.6 is 0 Å². The third kappa shape index (κ3) is 5.79. The highest BCUT2D eigenvalue weighted by atomic mass is 15.2. The second-order valence-electron chi connectivity index (χ2n) is 20.1. The van der Waals surface area contributed by atoms with Gasteiger partial charge in [-0.15, -0.1) is 0 Å². The molecule has 6 aromatic carbocycles. The van der Waals surface area contributed by atoms with E-state index in [4.69, 9.17) is 0 Å². The molecule has 66 heavy (non-hydrogen) atoms. The van der Waals surface area contributed by atoms with Crippen LogP contribution in [0.2, 0.25) is 0 Å². The Bertz CT molecular complexity index is 3150. The Morgan fingerprint density at radius 3 is 2.11 bits per heavy atom. The van der Waals surface area contributed by atoms with Crippen molar-refractivity contribution in [3.63, 3.8) is 0 Å². The first kappa shape index (κ1) is 39.5. The monoisotopic (exact) mass is 852 g/mol. The van der Waals surface area contributed by atoms with Gasteiger partial charge >= 0.3 is 0 Å². The van der Waals surface area contributed by atoms with E-state index in [1.54, 1.807) is 5.57 Å². The fraction of sp³-hybridized carbons (Fsp3) is 0.219. The van der Waals surface area contributed by atoms with Crippen LogP contribution < -0.4 is 9.80 Å². The van der Waals surface area contributed by atoms with Crippen molar-refractivity contribution >= 4 is 22.7 Å². The minimum atomic E-state index is -0.504. The summed E-state index contributed by atoms with van der Waals surface area (Å²) in [5, 5.41) is 0. The van der Waals surface area contributed by atoms with Gasteiger partial charge in [0.2, 0.25) is 0 Å². The normalized spacial score (nSPS) is 24.5. The number of allylic oxidation sites excluding steroid dienone is 12. The van der Waals surface area contributed by atoms with Gasteiger partial charge in [0.1, 0.15) is 0 Å². The lowest BCUT2D eigenvalue weighted by atomic mass is 9.70. The summed E-state index contributed by atoms with van der Waals surface area (Å²) < 4.78 is 0. The molecule has 6 aromatic rings. The molecule has 0 saturated heterocycles. The number of hydrogen-bond acceptors (Lipinski definition) is 2. The zero-order chi connectivity index (χ0) is 44.0. The van der Waals surface area contributed by atoms with Crippen LogP contribution in [0.25, 0.3) is 22.3 Å². The zero-order valence-corrected chi connectivity index (χ0v) is 38.1. The topological polar surface area (TPSA) is 6.48 Å². The minimum absolute atomic E-state index is 0.0727. The van der Waals surface area contributed by atoms with Crippen LogP contribution in [0.1, 0.15) is 74.6 Å². The molecule has 0 aromatic heterocycles. The lowest BCUT2D eigenvalue weighted by molar-refractivity contribution is 0.308. The summed E-state index contributed by atoms with van der Waals surface area (Å²) in [5.41, 5.74) is 21.3. The van der Waals surface area contributed by atoms with Gasteiger partial charge in [0.05, 0.1) is 11.5 Å². The molecule has 5 unspecified atom stereocenters. The van der Waals surface area contributed by atoms with Gasteiger partial charge in [-0.3, -0.25) is 0 Å². The Balaban J connectivity index is 1.00. The molecule has 0 N–H and O–H groups in total. The summed E-state index contributed by atoms with van der Waals surface area (Å²) in [7, 11) is 0. The highest BCUT2D eigenvalue weighted by Crippen LogP contribution is 2.65. The first-order chi connectivity index (χ1) is 32.5. The molecule has 7 aliphatic carbocycles. The summed E-state index contributed by atoms with van der Waals surface area (Å²) in [5.74, 6) is 1.37. The van der Waals surface area contributed by atoms with Gasteiger partial charge in [0.25, 0.3) is 0 Å². The van der Waals surface area contributed by atoms with E-state index in [2.05, 4.69) is 230 Å². The first-order valence-corrected chi connectivity index (χ1v) is 24.5. The Kier molecular flexibility index (Phi) is 9.18. The molecule has 2 nitrogen and oxygen atoms in total. The lowest BCUT2D eigenvalue weighted by Crippen LogP contribution is -2.34. The van der Waals surface area contributed by atoms with E-state index in [0.29, 0.717) is 17.8 Å². The van der Waals surface area contributed by atoms with Crippen molar-refractivity contribution in [1.82, 2.24) is 0 Å². The average Bonchev–Trinajstić information content (AvgIpc) is 3.94. The number of hydrogen-bond donors (Lipinski definition) is 0. The van der Waals surface area contributed by atoms with E-state index >= 15 is 0 Å². The number of nitrogens with zero attached hydrogens (tertiary/aromatic N) is 2. The van der Waals surface area contributed by atoms with Crippen molar-refractivity contribution < 1.29 is 0 Å². The van der Waals surface area contributed by atoms with Crippen LogP contribution in [-0.2, 0) is 5.41 Å². The third-order valence-electron chi connectivity index (χ3n) is 16.4. The number of anilines is 4. The van der Waals surface area contributed by atoms with Crippen LogP contribution in [0.5, 0.6) is 0 Å². The molecule has 0 amide bonds. The molecule has 0 heterocycles. The second-order valence-corrected chi connectivity index (χ2v) is 20.1. The van der Waals surface area contributed by atoms with Crippen molar-refractivity contribution in [3.05, 3.63) is 251 Å². The molecule has 0 fully saturated rings. The van der Waals surface area contributed by atoms with Crippen molar-refractivity contribution in [2.75, 3.05) is 9.80 Å². The highest BCUT2D eigenvalue weighted by molar-refractivity contribution is 6.00. The van der Waals surface area contributed by atoms with Gasteiger partial charge in [-0.25, -0.2) is 0 Å². The molecule has 322 valence electrons. The molecule has 0 saturated carbocycles. The Labute approximate surface area is 391 Å². The highest BCUT2D eigenvalue weighted by Gasteiger charge is 2.53.